The number of aromatic hydroxyl groups is 1. The fourth-order valence-corrected chi connectivity index (χ4v) is 2.58. The van der Waals surface area contributed by atoms with Crippen molar-refractivity contribution in [1.29, 1.82) is 0 Å². The summed E-state index contributed by atoms with van der Waals surface area (Å²) in [6.45, 7) is 1.17. The van der Waals surface area contributed by atoms with E-state index in [-0.39, 0.29) is 17.5 Å². The molecule has 1 heterocycles. The molecule has 1 saturated heterocycles. The van der Waals surface area contributed by atoms with E-state index in [0.717, 1.165) is 12.8 Å². The van der Waals surface area contributed by atoms with Crippen molar-refractivity contribution in [2.24, 2.45) is 0 Å². The van der Waals surface area contributed by atoms with Crippen molar-refractivity contribution in [2.45, 2.75) is 18.9 Å². The lowest BCUT2D eigenvalue weighted by Gasteiger charge is -2.36. The van der Waals surface area contributed by atoms with Gasteiger partial charge in [-0.05, 0) is 33.0 Å². The number of phenolic OH excluding ortho intramolecular Hbond substituents is 1. The van der Waals surface area contributed by atoms with Crippen LogP contribution in [0.5, 0.6) is 5.75 Å². The van der Waals surface area contributed by atoms with Gasteiger partial charge in [0.2, 0.25) is 5.75 Å². The Hall–Kier alpha value is -2.15. The Labute approximate surface area is 122 Å². The number of carbonyl (C=O) groups excluding carboxylic acids is 1. The summed E-state index contributed by atoms with van der Waals surface area (Å²) in [6.07, 6.45) is 1.89. The smallest absolute Gasteiger partial charge is 0.311 e. The summed E-state index contributed by atoms with van der Waals surface area (Å²) in [4.78, 5) is 26.3. The maximum absolute atomic E-state index is 12.5. The molecule has 1 atom stereocenters. The molecule has 0 bridgehead atoms. The van der Waals surface area contributed by atoms with Gasteiger partial charge in [-0.3, -0.25) is 14.9 Å². The number of likely N-dealkylation sites (tertiary alicyclic amines) is 1. The van der Waals surface area contributed by atoms with Crippen LogP contribution in [-0.4, -0.2) is 59.0 Å². The highest BCUT2D eigenvalue weighted by molar-refractivity contribution is 5.98. The Morgan fingerprint density at radius 3 is 2.81 bits per heavy atom. The summed E-state index contributed by atoms with van der Waals surface area (Å²) >= 11 is 0. The highest BCUT2D eigenvalue weighted by atomic mass is 16.6. The minimum Gasteiger partial charge on any atom is -0.502 e. The van der Waals surface area contributed by atoms with E-state index < -0.39 is 16.4 Å². The monoisotopic (exact) mass is 293 g/mol. The zero-order chi connectivity index (χ0) is 15.6. The normalized spacial score (nSPS) is 18.8. The second kappa shape index (κ2) is 6.09. The van der Waals surface area contributed by atoms with Crippen LogP contribution in [-0.2, 0) is 0 Å². The molecule has 7 heteroatoms. The number of rotatable bonds is 3. The fraction of sp³-hybridized carbons (Fsp3) is 0.500. The molecule has 1 N–H and O–H groups in total. The molecule has 0 aromatic heterocycles. The van der Waals surface area contributed by atoms with Crippen LogP contribution < -0.4 is 0 Å². The van der Waals surface area contributed by atoms with Gasteiger partial charge in [-0.1, -0.05) is 6.07 Å². The summed E-state index contributed by atoms with van der Waals surface area (Å²) in [6, 6.07) is 4.29. The molecule has 21 heavy (non-hydrogen) atoms. The van der Waals surface area contributed by atoms with Crippen LogP contribution in [0.15, 0.2) is 18.2 Å². The van der Waals surface area contributed by atoms with E-state index in [9.17, 15) is 20.0 Å². The van der Waals surface area contributed by atoms with Crippen molar-refractivity contribution in [3.05, 3.63) is 33.9 Å². The number of likely N-dealkylation sites (N-methyl/N-ethyl adjacent to an activating group) is 1. The van der Waals surface area contributed by atoms with Gasteiger partial charge >= 0.3 is 5.69 Å². The lowest BCUT2D eigenvalue weighted by molar-refractivity contribution is -0.385. The largest absolute Gasteiger partial charge is 0.502 e. The van der Waals surface area contributed by atoms with Gasteiger partial charge < -0.3 is 14.9 Å². The average Bonchev–Trinajstić information content (AvgIpc) is 2.46. The van der Waals surface area contributed by atoms with Gasteiger partial charge in [-0.25, -0.2) is 0 Å². The first-order valence-electron chi connectivity index (χ1n) is 6.84. The zero-order valence-corrected chi connectivity index (χ0v) is 12.2. The number of nitro benzene ring substituents is 1. The minimum absolute atomic E-state index is 0.0105. The molecule has 1 aliphatic heterocycles. The Kier molecular flexibility index (Phi) is 4.42. The molecule has 1 aromatic carbocycles. The molecule has 1 amide bonds. The molecule has 2 rings (SSSR count). The Morgan fingerprint density at radius 2 is 2.19 bits per heavy atom. The van der Waals surface area contributed by atoms with Crippen molar-refractivity contribution in [1.82, 2.24) is 9.80 Å². The van der Waals surface area contributed by atoms with E-state index in [4.69, 9.17) is 0 Å². The van der Waals surface area contributed by atoms with E-state index in [1.807, 2.05) is 14.1 Å². The molecule has 0 radical (unpaired) electrons. The molecule has 0 spiro atoms. The summed E-state index contributed by atoms with van der Waals surface area (Å²) in [7, 11) is 3.92. The molecule has 114 valence electrons. The molecule has 1 unspecified atom stereocenters. The molecular weight excluding hydrogens is 274 g/mol. The maximum atomic E-state index is 12.5. The van der Waals surface area contributed by atoms with Crippen molar-refractivity contribution in [3.63, 3.8) is 0 Å². The van der Waals surface area contributed by atoms with E-state index >= 15 is 0 Å². The lowest BCUT2D eigenvalue weighted by atomic mass is 10.0. The summed E-state index contributed by atoms with van der Waals surface area (Å²) in [5.41, 5.74) is -0.453. The molecule has 0 aliphatic carbocycles. The summed E-state index contributed by atoms with van der Waals surface area (Å²) < 4.78 is 0. The molecule has 7 nitrogen and oxygen atoms in total. The Morgan fingerprint density at radius 1 is 1.48 bits per heavy atom. The van der Waals surface area contributed by atoms with Crippen molar-refractivity contribution >= 4 is 11.6 Å². The third-order valence-electron chi connectivity index (χ3n) is 3.86. The number of amides is 1. The molecular formula is C14H19N3O4. The van der Waals surface area contributed by atoms with Crippen LogP contribution in [0, 0.1) is 10.1 Å². The van der Waals surface area contributed by atoms with E-state index in [0.29, 0.717) is 13.1 Å². The molecule has 0 saturated carbocycles. The lowest BCUT2D eigenvalue weighted by Crippen LogP contribution is -2.47. The van der Waals surface area contributed by atoms with Gasteiger partial charge in [0.15, 0.2) is 0 Å². The third kappa shape index (κ3) is 3.13. The summed E-state index contributed by atoms with van der Waals surface area (Å²) in [5.74, 6) is -0.915. The number of carbonyl (C=O) groups is 1. The third-order valence-corrected chi connectivity index (χ3v) is 3.86. The topological polar surface area (TPSA) is 86.9 Å². The van der Waals surface area contributed by atoms with Gasteiger partial charge in [-0.15, -0.1) is 0 Å². The molecule has 1 fully saturated rings. The average molecular weight is 293 g/mol. The van der Waals surface area contributed by atoms with Crippen LogP contribution in [0.1, 0.15) is 23.2 Å². The number of benzene rings is 1. The first-order valence-corrected chi connectivity index (χ1v) is 6.84. The van der Waals surface area contributed by atoms with Gasteiger partial charge in [-0.2, -0.15) is 0 Å². The van der Waals surface area contributed by atoms with E-state index in [1.165, 1.54) is 18.2 Å². The van der Waals surface area contributed by atoms with Gasteiger partial charge in [0.25, 0.3) is 5.91 Å². The quantitative estimate of drug-likeness (QED) is 0.673. The van der Waals surface area contributed by atoms with Crippen LogP contribution in [0.25, 0.3) is 0 Å². The molecule has 1 aromatic rings. The van der Waals surface area contributed by atoms with Crippen molar-refractivity contribution in [2.75, 3.05) is 27.2 Å². The van der Waals surface area contributed by atoms with E-state index in [1.54, 1.807) is 4.90 Å². The number of hydrogen-bond donors (Lipinski definition) is 1. The number of piperidine rings is 1. The van der Waals surface area contributed by atoms with Crippen molar-refractivity contribution < 1.29 is 14.8 Å². The summed E-state index contributed by atoms with van der Waals surface area (Å²) in [5, 5.41) is 20.8. The fourth-order valence-electron chi connectivity index (χ4n) is 2.58. The van der Waals surface area contributed by atoms with Crippen LogP contribution >= 0.6 is 0 Å². The highest BCUT2D eigenvalue weighted by Crippen LogP contribution is 2.30. The SMILES string of the molecule is CN(C)C1CCCN(C(=O)c2cccc([N+](=O)[O-])c2O)C1. The second-order valence-electron chi connectivity index (χ2n) is 5.44. The van der Waals surface area contributed by atoms with E-state index in [2.05, 4.69) is 4.90 Å². The number of phenols is 1. The van der Waals surface area contributed by atoms with Gasteiger partial charge in [0.05, 0.1) is 10.5 Å². The molecule has 1 aliphatic rings. The van der Waals surface area contributed by atoms with Crippen LogP contribution in [0.2, 0.25) is 0 Å². The van der Waals surface area contributed by atoms with Crippen LogP contribution in [0.4, 0.5) is 5.69 Å². The van der Waals surface area contributed by atoms with Crippen molar-refractivity contribution in [3.8, 4) is 5.75 Å². The van der Waals surface area contributed by atoms with Gasteiger partial charge in [0.1, 0.15) is 0 Å². The zero-order valence-electron chi connectivity index (χ0n) is 12.2. The number of nitro groups is 1. The predicted molar refractivity (Wildman–Crippen MR) is 77.4 cm³/mol. The van der Waals surface area contributed by atoms with Crippen LogP contribution in [0.3, 0.4) is 0 Å². The standard InChI is InChI=1S/C14H19N3O4/c1-15(2)10-5-4-8-16(9-10)14(19)11-6-3-7-12(13(11)18)17(20)21/h3,6-7,10,18H,4-5,8-9H2,1-2H3. The first-order chi connectivity index (χ1) is 9.91. The highest BCUT2D eigenvalue weighted by Gasteiger charge is 2.29. The van der Waals surface area contributed by atoms with Gasteiger partial charge in [0, 0.05) is 25.2 Å². The number of hydrogen-bond acceptors (Lipinski definition) is 5. The second-order valence-corrected chi connectivity index (χ2v) is 5.44. The Balaban J connectivity index is 2.24. The predicted octanol–water partition coefficient (Wildman–Crippen LogP) is 1.47. The first kappa shape index (κ1) is 15.2. The minimum atomic E-state index is -0.690. The number of para-hydroxylation sites is 1. The Bertz CT molecular complexity index is 559. The maximum Gasteiger partial charge on any atom is 0.311 e. The number of nitrogens with zero attached hydrogens (tertiary/aromatic N) is 3.